The van der Waals surface area contributed by atoms with Crippen LogP contribution in [0.3, 0.4) is 0 Å². The number of hydrogen-bond donors (Lipinski definition) is 0. The normalized spacial score (nSPS) is 10.6. The molecule has 0 fully saturated rings. The van der Waals surface area contributed by atoms with Crippen molar-refractivity contribution in [2.45, 2.75) is 6.42 Å². The summed E-state index contributed by atoms with van der Waals surface area (Å²) in [5.41, 5.74) is -0.974. The van der Waals surface area contributed by atoms with E-state index in [0.29, 0.717) is 0 Å². The van der Waals surface area contributed by atoms with Crippen LogP contribution in [-0.2, 0) is 6.42 Å². The predicted octanol–water partition coefficient (Wildman–Crippen LogP) is 3.47. The summed E-state index contributed by atoms with van der Waals surface area (Å²) in [6, 6.07) is 1.97. The lowest BCUT2D eigenvalue weighted by Gasteiger charge is -2.04. The van der Waals surface area contributed by atoms with Crippen LogP contribution in [0.2, 0.25) is 0 Å². The van der Waals surface area contributed by atoms with E-state index in [1.54, 1.807) is 0 Å². The minimum atomic E-state index is -2.23. The van der Waals surface area contributed by atoms with Crippen molar-refractivity contribution in [2.24, 2.45) is 0 Å². The molecule has 0 atom stereocenters. The topological polar surface area (TPSA) is 0 Å². The van der Waals surface area contributed by atoms with Crippen LogP contribution in [0.1, 0.15) is 11.1 Å². The molecule has 0 N–H and O–H groups in total. The van der Waals surface area contributed by atoms with E-state index in [9.17, 15) is 17.6 Å². The van der Waals surface area contributed by atoms with Gasteiger partial charge in [0.2, 0.25) is 0 Å². The summed E-state index contributed by atoms with van der Waals surface area (Å²) in [5, 5.41) is 0. The maximum Gasteiger partial charge on any atom is 0.342 e. The lowest BCUT2D eigenvalue weighted by molar-refractivity contribution is 0.313. The fourth-order valence-electron chi connectivity index (χ4n) is 1.05. The zero-order valence-corrected chi connectivity index (χ0v) is 7.16. The Balaban J connectivity index is 3.18. The first-order valence-corrected chi connectivity index (χ1v) is 3.84. The van der Waals surface area contributed by atoms with Crippen molar-refractivity contribution in [1.82, 2.24) is 0 Å². The first-order valence-electron chi connectivity index (χ1n) is 3.84. The van der Waals surface area contributed by atoms with Gasteiger partial charge in [-0.2, -0.15) is 8.78 Å². The fourth-order valence-corrected chi connectivity index (χ4v) is 1.05. The van der Waals surface area contributed by atoms with Crippen molar-refractivity contribution in [3.05, 3.63) is 54.0 Å². The van der Waals surface area contributed by atoms with E-state index in [0.717, 1.165) is 12.1 Å². The Bertz CT molecular complexity index is 344. The molecule has 0 heterocycles. The SMILES string of the molecule is C=CCc1ccc([C](F)F)c(F)c1F. The van der Waals surface area contributed by atoms with Gasteiger partial charge in [0.25, 0.3) is 0 Å². The predicted molar refractivity (Wildman–Crippen MR) is 44.8 cm³/mol. The van der Waals surface area contributed by atoms with Crippen molar-refractivity contribution in [1.29, 1.82) is 0 Å². The van der Waals surface area contributed by atoms with E-state index in [-0.39, 0.29) is 12.0 Å². The Morgan fingerprint density at radius 2 is 1.86 bits per heavy atom. The van der Waals surface area contributed by atoms with Gasteiger partial charge < -0.3 is 0 Å². The standard InChI is InChI=1S/C10H7F4/c1-2-3-6-4-5-7(10(13)14)9(12)8(6)11/h2,4-5H,1,3H2. The van der Waals surface area contributed by atoms with E-state index in [2.05, 4.69) is 6.58 Å². The molecular weight excluding hydrogens is 196 g/mol. The van der Waals surface area contributed by atoms with Gasteiger partial charge in [0.05, 0.1) is 5.56 Å². The van der Waals surface area contributed by atoms with E-state index < -0.39 is 23.6 Å². The van der Waals surface area contributed by atoms with Crippen molar-refractivity contribution < 1.29 is 17.6 Å². The Hall–Kier alpha value is -1.32. The molecule has 0 saturated carbocycles. The van der Waals surface area contributed by atoms with Crippen molar-refractivity contribution in [3.63, 3.8) is 0 Å². The summed E-state index contributed by atoms with van der Waals surface area (Å²) in [7, 11) is 0. The summed E-state index contributed by atoms with van der Waals surface area (Å²) >= 11 is 0. The number of halogens is 4. The lowest BCUT2D eigenvalue weighted by Crippen LogP contribution is -1.99. The molecule has 1 aromatic carbocycles. The van der Waals surface area contributed by atoms with Crippen LogP contribution >= 0.6 is 0 Å². The van der Waals surface area contributed by atoms with Crippen LogP contribution in [0.5, 0.6) is 0 Å². The van der Waals surface area contributed by atoms with Crippen molar-refractivity contribution in [2.75, 3.05) is 0 Å². The van der Waals surface area contributed by atoms with E-state index in [4.69, 9.17) is 0 Å². The molecule has 1 rings (SSSR count). The molecule has 0 aromatic heterocycles. The Morgan fingerprint density at radius 1 is 1.21 bits per heavy atom. The number of benzene rings is 1. The molecule has 0 nitrogen and oxygen atoms in total. The molecule has 4 heteroatoms. The van der Waals surface area contributed by atoms with Crippen LogP contribution in [0.15, 0.2) is 24.8 Å². The molecular formula is C10H7F4. The highest BCUT2D eigenvalue weighted by atomic mass is 19.3. The van der Waals surface area contributed by atoms with Crippen LogP contribution < -0.4 is 0 Å². The maximum absolute atomic E-state index is 13.0. The largest absolute Gasteiger partial charge is 0.342 e. The monoisotopic (exact) mass is 203 g/mol. The third kappa shape index (κ3) is 1.95. The smallest absolute Gasteiger partial charge is 0.203 e. The number of hydrogen-bond acceptors (Lipinski definition) is 0. The molecule has 0 unspecified atom stereocenters. The summed E-state index contributed by atoms with van der Waals surface area (Å²) in [5.74, 6) is -2.75. The first kappa shape index (κ1) is 10.8. The Kier molecular flexibility index (Phi) is 3.28. The summed E-state index contributed by atoms with van der Waals surface area (Å²) in [6.45, 7) is 3.34. The van der Waals surface area contributed by atoms with E-state index in [1.807, 2.05) is 0 Å². The van der Waals surface area contributed by atoms with E-state index in [1.165, 1.54) is 6.08 Å². The highest BCUT2D eigenvalue weighted by Crippen LogP contribution is 2.24. The highest BCUT2D eigenvalue weighted by molar-refractivity contribution is 5.32. The molecule has 1 radical (unpaired) electrons. The summed E-state index contributed by atoms with van der Waals surface area (Å²) < 4.78 is 50.0. The van der Waals surface area contributed by atoms with Crippen LogP contribution in [0, 0.1) is 18.1 Å². The minimum absolute atomic E-state index is 0.0162. The summed E-state index contributed by atoms with van der Waals surface area (Å²) in [4.78, 5) is 0. The van der Waals surface area contributed by atoms with Crippen molar-refractivity contribution in [3.8, 4) is 0 Å². The highest BCUT2D eigenvalue weighted by Gasteiger charge is 2.20. The van der Waals surface area contributed by atoms with Crippen molar-refractivity contribution >= 4 is 0 Å². The van der Waals surface area contributed by atoms with Crippen LogP contribution in [0.25, 0.3) is 0 Å². The van der Waals surface area contributed by atoms with Crippen LogP contribution in [0.4, 0.5) is 17.6 Å². The third-order valence-corrected chi connectivity index (χ3v) is 1.73. The zero-order valence-electron chi connectivity index (χ0n) is 7.16. The van der Waals surface area contributed by atoms with Gasteiger partial charge in [-0.1, -0.05) is 12.1 Å². The Labute approximate surface area is 78.9 Å². The zero-order chi connectivity index (χ0) is 10.7. The molecule has 0 spiro atoms. The van der Waals surface area contributed by atoms with Gasteiger partial charge in [0, 0.05) is 0 Å². The van der Waals surface area contributed by atoms with Gasteiger partial charge >= 0.3 is 6.43 Å². The van der Waals surface area contributed by atoms with Gasteiger partial charge in [0.1, 0.15) is 0 Å². The molecule has 0 aliphatic carbocycles. The maximum atomic E-state index is 13.0. The molecule has 0 bridgehead atoms. The van der Waals surface area contributed by atoms with Gasteiger partial charge in [-0.25, -0.2) is 8.78 Å². The fraction of sp³-hybridized carbons (Fsp3) is 0.100. The average molecular weight is 203 g/mol. The van der Waals surface area contributed by atoms with Gasteiger partial charge in [0.15, 0.2) is 11.6 Å². The van der Waals surface area contributed by atoms with Gasteiger partial charge in [-0.05, 0) is 18.1 Å². The second kappa shape index (κ2) is 4.26. The summed E-state index contributed by atoms with van der Waals surface area (Å²) in [6.07, 6.45) is -0.754. The molecule has 14 heavy (non-hydrogen) atoms. The molecule has 0 saturated heterocycles. The third-order valence-electron chi connectivity index (χ3n) is 1.73. The first-order chi connectivity index (χ1) is 6.57. The second-order valence-corrected chi connectivity index (χ2v) is 2.65. The minimum Gasteiger partial charge on any atom is -0.203 e. The second-order valence-electron chi connectivity index (χ2n) is 2.65. The van der Waals surface area contributed by atoms with E-state index >= 15 is 0 Å². The van der Waals surface area contributed by atoms with Gasteiger partial charge in [-0.3, -0.25) is 0 Å². The average Bonchev–Trinajstić information content (AvgIpc) is 2.13. The lowest BCUT2D eigenvalue weighted by atomic mass is 10.1. The quantitative estimate of drug-likeness (QED) is 0.521. The number of rotatable bonds is 3. The molecule has 0 aliphatic rings. The molecule has 1 aromatic rings. The van der Waals surface area contributed by atoms with Crippen LogP contribution in [-0.4, -0.2) is 0 Å². The Morgan fingerprint density at radius 3 is 2.36 bits per heavy atom. The molecule has 75 valence electrons. The molecule has 0 aliphatic heterocycles. The number of allylic oxidation sites excluding steroid dienone is 1. The molecule has 0 amide bonds. The van der Waals surface area contributed by atoms with Gasteiger partial charge in [-0.15, -0.1) is 6.58 Å².